The van der Waals surface area contributed by atoms with Crippen molar-refractivity contribution in [1.82, 2.24) is 0 Å². The minimum absolute atomic E-state index is 0.156. The molecule has 0 heterocycles. The van der Waals surface area contributed by atoms with Crippen LogP contribution in [-0.2, 0) is 4.79 Å². The van der Waals surface area contributed by atoms with Crippen molar-refractivity contribution in [2.75, 3.05) is 5.32 Å². The zero-order valence-corrected chi connectivity index (χ0v) is 11.0. The predicted molar refractivity (Wildman–Crippen MR) is 71.6 cm³/mol. The van der Waals surface area contributed by atoms with E-state index in [1.807, 2.05) is 0 Å². The average Bonchev–Trinajstić information content (AvgIpc) is 2.32. The van der Waals surface area contributed by atoms with Gasteiger partial charge in [0, 0.05) is 17.1 Å². The van der Waals surface area contributed by atoms with E-state index < -0.39 is 23.3 Å². The lowest BCUT2D eigenvalue weighted by Crippen LogP contribution is -2.16. The number of halogens is 1. The number of aliphatic hydroxyl groups excluding tert-OH is 2. The highest BCUT2D eigenvalue weighted by molar-refractivity contribution is 6.30. The fraction of sp³-hybridized carbons (Fsp3) is 0.231. The van der Waals surface area contributed by atoms with Crippen molar-refractivity contribution in [2.24, 2.45) is 0 Å². The summed E-state index contributed by atoms with van der Waals surface area (Å²) in [6.45, 7) is 1.45. The van der Waals surface area contributed by atoms with Crippen molar-refractivity contribution >= 4 is 23.2 Å². The number of nitrogens with zero attached hydrogens (tertiary/aromatic N) is 1. The minimum Gasteiger partial charge on any atom is -0.511 e. The van der Waals surface area contributed by atoms with Gasteiger partial charge in [-0.2, -0.15) is 5.26 Å². The normalized spacial score (nSPS) is 13.2. The number of aliphatic hydroxyl groups is 2. The van der Waals surface area contributed by atoms with E-state index in [4.69, 9.17) is 22.0 Å². The number of carbonyl (C=O) groups excluding carboxylic acids is 1. The third kappa shape index (κ3) is 4.62. The predicted octanol–water partition coefficient (Wildman–Crippen LogP) is 2.39. The van der Waals surface area contributed by atoms with Crippen LogP contribution in [0.3, 0.4) is 0 Å². The minimum atomic E-state index is -0.841. The maximum atomic E-state index is 11.8. The smallest absolute Gasteiger partial charge is 0.269 e. The molecule has 0 bridgehead atoms. The first-order valence-electron chi connectivity index (χ1n) is 5.51. The quantitative estimate of drug-likeness (QED) is 0.448. The lowest BCUT2D eigenvalue weighted by atomic mass is 10.1. The molecule has 0 aliphatic carbocycles. The number of hydrogen-bond donors (Lipinski definition) is 3. The van der Waals surface area contributed by atoms with Crippen molar-refractivity contribution in [3.63, 3.8) is 0 Å². The fourth-order valence-corrected chi connectivity index (χ4v) is 1.48. The van der Waals surface area contributed by atoms with E-state index in [1.54, 1.807) is 30.3 Å². The zero-order valence-electron chi connectivity index (χ0n) is 10.2. The highest BCUT2D eigenvalue weighted by Gasteiger charge is 2.16. The first-order chi connectivity index (χ1) is 8.93. The largest absolute Gasteiger partial charge is 0.511 e. The summed E-state index contributed by atoms with van der Waals surface area (Å²) < 4.78 is 0. The number of amides is 1. The number of nitrogens with one attached hydrogen (secondary N) is 1. The average molecular weight is 281 g/mol. The molecule has 5 nitrogen and oxygen atoms in total. The van der Waals surface area contributed by atoms with Crippen molar-refractivity contribution < 1.29 is 15.0 Å². The van der Waals surface area contributed by atoms with Crippen LogP contribution in [0.5, 0.6) is 0 Å². The Morgan fingerprint density at radius 3 is 2.53 bits per heavy atom. The molecule has 1 aromatic carbocycles. The van der Waals surface area contributed by atoms with Crippen LogP contribution in [0.4, 0.5) is 5.69 Å². The molecule has 0 spiro atoms. The Labute approximate surface area is 115 Å². The summed E-state index contributed by atoms with van der Waals surface area (Å²) in [6, 6.07) is 7.93. The van der Waals surface area contributed by atoms with Crippen molar-refractivity contribution in [3.8, 4) is 6.07 Å². The summed E-state index contributed by atoms with van der Waals surface area (Å²) in [6.07, 6.45) is -0.997. The monoisotopic (exact) mass is 280 g/mol. The van der Waals surface area contributed by atoms with Gasteiger partial charge in [0.25, 0.3) is 5.91 Å². The van der Waals surface area contributed by atoms with E-state index in [0.717, 1.165) is 0 Å². The van der Waals surface area contributed by atoms with Crippen LogP contribution >= 0.6 is 11.6 Å². The van der Waals surface area contributed by atoms with E-state index in [1.165, 1.54) is 6.92 Å². The zero-order chi connectivity index (χ0) is 14.4. The Morgan fingerprint density at radius 2 is 2.05 bits per heavy atom. The van der Waals surface area contributed by atoms with Crippen LogP contribution in [-0.4, -0.2) is 22.2 Å². The van der Waals surface area contributed by atoms with Gasteiger partial charge in [-0.05, 0) is 31.2 Å². The van der Waals surface area contributed by atoms with Gasteiger partial charge in [0.1, 0.15) is 11.8 Å². The van der Waals surface area contributed by atoms with Gasteiger partial charge in [0.15, 0.2) is 5.57 Å². The summed E-state index contributed by atoms with van der Waals surface area (Å²) in [4.78, 5) is 11.8. The maximum absolute atomic E-state index is 11.8. The van der Waals surface area contributed by atoms with Crippen LogP contribution in [0.15, 0.2) is 35.6 Å². The molecule has 1 rings (SSSR count). The summed E-state index contributed by atoms with van der Waals surface area (Å²) in [5.74, 6) is -1.17. The molecule has 0 saturated heterocycles. The molecule has 0 radical (unpaired) electrons. The number of hydrogen-bond acceptors (Lipinski definition) is 4. The van der Waals surface area contributed by atoms with Gasteiger partial charge in [0.05, 0.1) is 6.10 Å². The Bertz CT molecular complexity index is 530. The van der Waals surface area contributed by atoms with Crippen LogP contribution < -0.4 is 5.32 Å². The van der Waals surface area contributed by atoms with E-state index in [0.29, 0.717) is 10.7 Å². The highest BCUT2D eigenvalue weighted by atomic mass is 35.5. The molecule has 1 atom stereocenters. The fourth-order valence-electron chi connectivity index (χ4n) is 1.36. The Kier molecular flexibility index (Phi) is 5.37. The maximum Gasteiger partial charge on any atom is 0.269 e. The van der Waals surface area contributed by atoms with Crippen LogP contribution in [0.2, 0.25) is 5.02 Å². The molecule has 0 aliphatic rings. The molecule has 0 aromatic heterocycles. The second kappa shape index (κ2) is 6.78. The highest BCUT2D eigenvalue weighted by Crippen LogP contribution is 2.15. The Morgan fingerprint density at radius 1 is 1.47 bits per heavy atom. The lowest BCUT2D eigenvalue weighted by molar-refractivity contribution is -0.112. The van der Waals surface area contributed by atoms with Gasteiger partial charge in [-0.25, -0.2) is 0 Å². The molecule has 19 heavy (non-hydrogen) atoms. The molecule has 100 valence electrons. The standard InChI is InChI=1S/C13H13ClN2O3/c1-8(17)6-12(18)11(7-15)13(19)16-10-4-2-9(14)3-5-10/h2-5,8,17-18H,6H2,1H3,(H,16,19)/b12-11-. The molecular weight excluding hydrogens is 268 g/mol. The third-order valence-corrected chi connectivity index (χ3v) is 2.47. The summed E-state index contributed by atoms with van der Waals surface area (Å²) >= 11 is 5.70. The molecule has 0 aliphatic heterocycles. The molecular formula is C13H13ClN2O3. The number of rotatable bonds is 4. The topological polar surface area (TPSA) is 93.3 Å². The molecule has 1 unspecified atom stereocenters. The Balaban J connectivity index is 2.86. The molecule has 1 aromatic rings. The van der Waals surface area contributed by atoms with Gasteiger partial charge in [-0.3, -0.25) is 4.79 Å². The molecule has 0 fully saturated rings. The number of benzene rings is 1. The van der Waals surface area contributed by atoms with Gasteiger partial charge in [-0.1, -0.05) is 11.6 Å². The first-order valence-corrected chi connectivity index (χ1v) is 5.89. The Hall–Kier alpha value is -2.03. The summed E-state index contributed by atoms with van der Waals surface area (Å²) in [5, 5.41) is 30.6. The molecule has 6 heteroatoms. The number of nitriles is 1. The van der Waals surface area contributed by atoms with Crippen molar-refractivity contribution in [3.05, 3.63) is 40.6 Å². The second-order valence-corrected chi connectivity index (χ2v) is 4.38. The third-order valence-electron chi connectivity index (χ3n) is 2.22. The van der Waals surface area contributed by atoms with Crippen LogP contribution in [0.25, 0.3) is 0 Å². The van der Waals surface area contributed by atoms with E-state index in [2.05, 4.69) is 5.32 Å². The van der Waals surface area contributed by atoms with Crippen molar-refractivity contribution in [2.45, 2.75) is 19.4 Å². The van der Waals surface area contributed by atoms with Crippen LogP contribution in [0.1, 0.15) is 13.3 Å². The summed E-state index contributed by atoms with van der Waals surface area (Å²) in [5.41, 5.74) is 0.0304. The lowest BCUT2D eigenvalue weighted by Gasteiger charge is -2.07. The number of carbonyl (C=O) groups is 1. The number of anilines is 1. The van der Waals surface area contributed by atoms with E-state index >= 15 is 0 Å². The molecule has 1 amide bonds. The van der Waals surface area contributed by atoms with Crippen LogP contribution in [0, 0.1) is 11.3 Å². The molecule has 3 N–H and O–H groups in total. The van der Waals surface area contributed by atoms with E-state index in [9.17, 15) is 9.90 Å². The van der Waals surface area contributed by atoms with E-state index in [-0.39, 0.29) is 6.42 Å². The second-order valence-electron chi connectivity index (χ2n) is 3.95. The molecule has 0 saturated carbocycles. The van der Waals surface area contributed by atoms with Gasteiger partial charge in [-0.15, -0.1) is 0 Å². The summed E-state index contributed by atoms with van der Waals surface area (Å²) in [7, 11) is 0. The van der Waals surface area contributed by atoms with Gasteiger partial charge < -0.3 is 15.5 Å². The van der Waals surface area contributed by atoms with Gasteiger partial charge in [0.2, 0.25) is 0 Å². The van der Waals surface area contributed by atoms with Gasteiger partial charge >= 0.3 is 0 Å². The van der Waals surface area contributed by atoms with Crippen molar-refractivity contribution in [1.29, 1.82) is 5.26 Å². The SMILES string of the molecule is CC(O)C/C(O)=C(\C#N)C(=O)Nc1ccc(Cl)cc1. The first kappa shape index (κ1) is 15.0.